The van der Waals surface area contributed by atoms with E-state index in [1.54, 1.807) is 4.90 Å². The maximum Gasteiger partial charge on any atom is 0.318 e. The van der Waals surface area contributed by atoms with E-state index < -0.39 is 0 Å². The number of amides is 2. The highest BCUT2D eigenvalue weighted by molar-refractivity contribution is 5.89. The van der Waals surface area contributed by atoms with Crippen molar-refractivity contribution in [1.29, 1.82) is 0 Å². The molecule has 1 saturated heterocycles. The number of likely N-dealkylation sites (tertiary alicyclic amines) is 1. The summed E-state index contributed by atoms with van der Waals surface area (Å²) in [6, 6.07) is -0.0401. The minimum atomic E-state index is -0.262. The number of hydrogen-bond acceptors (Lipinski definition) is 3. The second-order valence-corrected chi connectivity index (χ2v) is 5.51. The van der Waals surface area contributed by atoms with Gasteiger partial charge in [-0.3, -0.25) is 0 Å². The van der Waals surface area contributed by atoms with Crippen molar-refractivity contribution < 1.29 is 10.0 Å². The van der Waals surface area contributed by atoms with E-state index >= 15 is 0 Å². The van der Waals surface area contributed by atoms with Gasteiger partial charge in [-0.15, -0.1) is 0 Å². The van der Waals surface area contributed by atoms with Gasteiger partial charge in [-0.25, -0.2) is 4.79 Å². The van der Waals surface area contributed by atoms with Crippen LogP contribution < -0.4 is 11.1 Å². The zero-order valence-electron chi connectivity index (χ0n) is 11.3. The number of nitrogens with zero attached hydrogens (tertiary/aromatic N) is 2. The number of carbonyl (C=O) groups is 1. The number of rotatable bonds is 2. The lowest BCUT2D eigenvalue weighted by Gasteiger charge is -2.36. The van der Waals surface area contributed by atoms with Crippen molar-refractivity contribution in [2.24, 2.45) is 10.9 Å². The summed E-state index contributed by atoms with van der Waals surface area (Å²) < 4.78 is 0. The highest BCUT2D eigenvalue weighted by Crippen LogP contribution is 2.20. The molecule has 1 unspecified atom stereocenters. The van der Waals surface area contributed by atoms with E-state index in [9.17, 15) is 4.79 Å². The SMILES string of the molecule is NC(=NO)C1CCCCN1C(=O)NC1CCCCC1. The minimum absolute atomic E-state index is 0.0665. The first-order valence-electron chi connectivity index (χ1n) is 7.27. The van der Waals surface area contributed by atoms with Crippen molar-refractivity contribution in [2.75, 3.05) is 6.54 Å². The predicted molar refractivity (Wildman–Crippen MR) is 73.2 cm³/mol. The monoisotopic (exact) mass is 268 g/mol. The van der Waals surface area contributed by atoms with Gasteiger partial charge in [0.1, 0.15) is 0 Å². The van der Waals surface area contributed by atoms with Crippen molar-refractivity contribution in [3.63, 3.8) is 0 Å². The molecular weight excluding hydrogens is 244 g/mol. The first kappa shape index (κ1) is 14.0. The third-order valence-corrected chi connectivity index (χ3v) is 4.15. The molecule has 0 aromatic rings. The highest BCUT2D eigenvalue weighted by Gasteiger charge is 2.31. The largest absolute Gasteiger partial charge is 0.409 e. The number of hydrogen-bond donors (Lipinski definition) is 3. The van der Waals surface area contributed by atoms with Gasteiger partial charge in [-0.2, -0.15) is 0 Å². The first-order valence-corrected chi connectivity index (χ1v) is 7.27. The lowest BCUT2D eigenvalue weighted by atomic mass is 9.95. The highest BCUT2D eigenvalue weighted by atomic mass is 16.4. The van der Waals surface area contributed by atoms with Crippen LogP contribution in [0.3, 0.4) is 0 Å². The molecule has 1 aliphatic heterocycles. The topological polar surface area (TPSA) is 91.0 Å². The van der Waals surface area contributed by atoms with E-state index in [1.807, 2.05) is 0 Å². The molecule has 2 fully saturated rings. The van der Waals surface area contributed by atoms with Crippen molar-refractivity contribution in [3.05, 3.63) is 0 Å². The molecule has 1 saturated carbocycles. The molecule has 0 aromatic heterocycles. The van der Waals surface area contributed by atoms with Gasteiger partial charge in [0, 0.05) is 12.6 Å². The van der Waals surface area contributed by atoms with Crippen LogP contribution in [0.1, 0.15) is 51.4 Å². The van der Waals surface area contributed by atoms with E-state index in [0.29, 0.717) is 6.54 Å². The average Bonchev–Trinajstić information content (AvgIpc) is 2.47. The number of carbonyl (C=O) groups excluding carboxylic acids is 1. The average molecular weight is 268 g/mol. The summed E-state index contributed by atoms with van der Waals surface area (Å²) in [5.41, 5.74) is 5.69. The number of oxime groups is 1. The number of amidine groups is 1. The van der Waals surface area contributed by atoms with Gasteiger partial charge < -0.3 is 21.2 Å². The number of nitrogens with two attached hydrogens (primary N) is 1. The summed E-state index contributed by atoms with van der Waals surface area (Å²) in [5.74, 6) is 0.137. The van der Waals surface area contributed by atoms with Gasteiger partial charge in [0.15, 0.2) is 5.84 Å². The third kappa shape index (κ3) is 3.52. The van der Waals surface area contributed by atoms with Crippen molar-refractivity contribution in [3.8, 4) is 0 Å². The van der Waals surface area contributed by atoms with Crippen LogP contribution in [-0.2, 0) is 0 Å². The van der Waals surface area contributed by atoms with E-state index in [1.165, 1.54) is 19.3 Å². The van der Waals surface area contributed by atoms with E-state index in [4.69, 9.17) is 10.9 Å². The summed E-state index contributed by atoms with van der Waals surface area (Å²) in [4.78, 5) is 14.0. The van der Waals surface area contributed by atoms with Crippen molar-refractivity contribution in [2.45, 2.75) is 63.5 Å². The fraction of sp³-hybridized carbons (Fsp3) is 0.846. The Balaban J connectivity index is 1.94. The predicted octanol–water partition coefficient (Wildman–Crippen LogP) is 1.63. The summed E-state index contributed by atoms with van der Waals surface area (Å²) >= 11 is 0. The van der Waals surface area contributed by atoms with Gasteiger partial charge in [0.25, 0.3) is 0 Å². The number of urea groups is 1. The maximum absolute atomic E-state index is 12.3. The molecule has 108 valence electrons. The van der Waals surface area contributed by atoms with Gasteiger partial charge in [-0.1, -0.05) is 24.4 Å². The number of nitrogens with one attached hydrogen (secondary N) is 1. The Morgan fingerprint density at radius 3 is 2.53 bits per heavy atom. The van der Waals surface area contributed by atoms with Crippen LogP contribution in [0.15, 0.2) is 5.16 Å². The zero-order valence-corrected chi connectivity index (χ0v) is 11.3. The molecule has 1 heterocycles. The quantitative estimate of drug-likeness (QED) is 0.308. The molecule has 6 heteroatoms. The molecule has 19 heavy (non-hydrogen) atoms. The second kappa shape index (κ2) is 6.63. The summed E-state index contributed by atoms with van der Waals surface area (Å²) in [6.07, 6.45) is 8.53. The third-order valence-electron chi connectivity index (χ3n) is 4.15. The molecule has 0 spiro atoms. The lowest BCUT2D eigenvalue weighted by molar-refractivity contribution is 0.164. The standard InChI is InChI=1S/C13H24N4O2/c14-12(16-19)11-8-4-5-9-17(11)13(18)15-10-6-2-1-3-7-10/h10-11,19H,1-9H2,(H2,14,16)(H,15,18). The fourth-order valence-corrected chi connectivity index (χ4v) is 3.05. The Bertz CT molecular complexity index is 340. The van der Waals surface area contributed by atoms with Crippen molar-refractivity contribution >= 4 is 11.9 Å². The Kier molecular flexibility index (Phi) is 4.87. The van der Waals surface area contributed by atoms with Gasteiger partial charge in [0.2, 0.25) is 0 Å². The van der Waals surface area contributed by atoms with Crippen LogP contribution in [0, 0.1) is 0 Å². The Hall–Kier alpha value is -1.46. The Labute approximate surface area is 114 Å². The van der Waals surface area contributed by atoms with E-state index in [-0.39, 0.29) is 24.0 Å². The molecule has 1 atom stereocenters. The summed E-state index contributed by atoms with van der Waals surface area (Å²) in [7, 11) is 0. The first-order chi connectivity index (χ1) is 9.22. The van der Waals surface area contributed by atoms with Crippen molar-refractivity contribution in [1.82, 2.24) is 10.2 Å². The van der Waals surface area contributed by atoms with Gasteiger partial charge >= 0.3 is 6.03 Å². The van der Waals surface area contributed by atoms with Crippen LogP contribution in [0.4, 0.5) is 4.79 Å². The van der Waals surface area contributed by atoms with Crippen LogP contribution in [0.2, 0.25) is 0 Å². The fourth-order valence-electron chi connectivity index (χ4n) is 3.05. The summed E-state index contributed by atoms with van der Waals surface area (Å²) in [6.45, 7) is 0.680. The molecule has 6 nitrogen and oxygen atoms in total. The summed E-state index contributed by atoms with van der Waals surface area (Å²) in [5, 5.41) is 15.0. The molecule has 4 N–H and O–H groups in total. The molecule has 2 aliphatic rings. The van der Waals surface area contributed by atoms with Gasteiger partial charge in [-0.05, 0) is 32.1 Å². The van der Waals surface area contributed by atoms with Crippen LogP contribution in [-0.4, -0.2) is 40.6 Å². The second-order valence-electron chi connectivity index (χ2n) is 5.51. The molecule has 2 amide bonds. The molecular formula is C13H24N4O2. The normalized spacial score (nSPS) is 26.2. The lowest BCUT2D eigenvalue weighted by Crippen LogP contribution is -2.55. The zero-order chi connectivity index (χ0) is 13.7. The smallest absolute Gasteiger partial charge is 0.318 e. The Morgan fingerprint density at radius 2 is 1.84 bits per heavy atom. The molecule has 0 aromatic carbocycles. The van der Waals surface area contributed by atoms with E-state index in [0.717, 1.165) is 32.1 Å². The molecule has 2 rings (SSSR count). The van der Waals surface area contributed by atoms with Crippen LogP contribution in [0.5, 0.6) is 0 Å². The molecule has 0 bridgehead atoms. The Morgan fingerprint density at radius 1 is 1.16 bits per heavy atom. The van der Waals surface area contributed by atoms with Gasteiger partial charge in [0.05, 0.1) is 6.04 Å². The maximum atomic E-state index is 12.3. The van der Waals surface area contributed by atoms with E-state index in [2.05, 4.69) is 10.5 Å². The molecule has 1 aliphatic carbocycles. The number of piperidine rings is 1. The molecule has 0 radical (unpaired) electrons. The van der Waals surface area contributed by atoms with Crippen LogP contribution >= 0.6 is 0 Å². The minimum Gasteiger partial charge on any atom is -0.409 e. The van der Waals surface area contributed by atoms with Crippen LogP contribution in [0.25, 0.3) is 0 Å².